The van der Waals surface area contributed by atoms with Crippen molar-refractivity contribution in [3.63, 3.8) is 0 Å². The predicted molar refractivity (Wildman–Crippen MR) is 55.2 cm³/mol. The molecule has 2 aromatic rings. The zero-order valence-electron chi connectivity index (χ0n) is 8.25. The molecule has 0 aliphatic carbocycles. The Balaban J connectivity index is 2.01. The molecule has 4 N–H and O–H groups in total. The van der Waals surface area contributed by atoms with Gasteiger partial charge in [-0.2, -0.15) is 27.6 Å². The third-order valence-corrected chi connectivity index (χ3v) is 2.53. The molecule has 10 heteroatoms. The number of anilines is 2. The third kappa shape index (κ3) is 2.64. The Bertz CT molecular complexity index is 504. The van der Waals surface area contributed by atoms with Gasteiger partial charge in [-0.3, -0.25) is 5.10 Å². The smallest absolute Gasteiger partial charge is 0.384 e. The number of rotatable bonds is 3. The van der Waals surface area contributed by atoms with Gasteiger partial charge in [0, 0.05) is 23.6 Å². The monoisotopic (exact) mass is 264 g/mol. The Morgan fingerprint density at radius 3 is 2.76 bits per heavy atom. The van der Waals surface area contributed by atoms with Crippen molar-refractivity contribution in [3.05, 3.63) is 17.6 Å². The van der Waals surface area contributed by atoms with Crippen LogP contribution in [0.5, 0.6) is 0 Å². The van der Waals surface area contributed by atoms with Crippen molar-refractivity contribution in [2.45, 2.75) is 12.7 Å². The lowest BCUT2D eigenvalue weighted by atomic mass is 10.3. The highest BCUT2D eigenvalue weighted by Gasteiger charge is 2.36. The van der Waals surface area contributed by atoms with Crippen molar-refractivity contribution in [2.24, 2.45) is 0 Å². The van der Waals surface area contributed by atoms with Crippen LogP contribution in [0.25, 0.3) is 0 Å². The number of nitrogens with zero attached hydrogens (tertiary/aromatic N) is 3. The molecular weight excluding hydrogens is 257 g/mol. The number of aromatic nitrogens is 4. The summed E-state index contributed by atoms with van der Waals surface area (Å²) in [6, 6.07) is 0. The molecular formula is C7H7F3N6S. The van der Waals surface area contributed by atoms with E-state index in [0.29, 0.717) is 22.9 Å². The first-order chi connectivity index (χ1) is 7.97. The lowest BCUT2D eigenvalue weighted by Crippen LogP contribution is -2.07. The van der Waals surface area contributed by atoms with Gasteiger partial charge >= 0.3 is 6.18 Å². The summed E-state index contributed by atoms with van der Waals surface area (Å²) in [4.78, 5) is 3.31. The topological polar surface area (TPSA) is 92.5 Å². The summed E-state index contributed by atoms with van der Waals surface area (Å²) in [5, 5.41) is 8.95. The van der Waals surface area contributed by atoms with Crippen molar-refractivity contribution >= 4 is 22.5 Å². The highest BCUT2D eigenvalue weighted by atomic mass is 32.1. The Hall–Kier alpha value is -1.84. The normalized spacial score (nSPS) is 11.7. The van der Waals surface area contributed by atoms with E-state index in [-0.39, 0.29) is 11.7 Å². The van der Waals surface area contributed by atoms with Gasteiger partial charge in [-0.15, -0.1) is 0 Å². The highest BCUT2D eigenvalue weighted by Crippen LogP contribution is 2.29. The average Bonchev–Trinajstić information content (AvgIpc) is 2.82. The van der Waals surface area contributed by atoms with E-state index in [0.717, 1.165) is 0 Å². The first-order valence-electron chi connectivity index (χ1n) is 4.39. The largest absolute Gasteiger partial charge is 0.452 e. The molecule has 0 unspecified atom stereocenters. The minimum Gasteiger partial charge on any atom is -0.384 e. The molecule has 92 valence electrons. The van der Waals surface area contributed by atoms with Crippen molar-refractivity contribution in [3.8, 4) is 0 Å². The number of aromatic amines is 1. The van der Waals surface area contributed by atoms with Gasteiger partial charge in [-0.05, 0) is 0 Å². The van der Waals surface area contributed by atoms with E-state index < -0.39 is 12.0 Å². The number of hydrogen-bond acceptors (Lipinski definition) is 6. The second kappa shape index (κ2) is 4.20. The summed E-state index contributed by atoms with van der Waals surface area (Å²) >= 11 is 0.640. The Labute approximate surface area is 97.2 Å². The van der Waals surface area contributed by atoms with E-state index in [1.54, 1.807) is 0 Å². The molecule has 0 atom stereocenters. The van der Waals surface area contributed by atoms with Gasteiger partial charge in [-0.1, -0.05) is 0 Å². The number of halogens is 3. The predicted octanol–water partition coefficient (Wildman–Crippen LogP) is 1.47. The zero-order valence-corrected chi connectivity index (χ0v) is 9.06. The fourth-order valence-electron chi connectivity index (χ4n) is 1.04. The first kappa shape index (κ1) is 11.6. The molecule has 0 amide bonds. The molecule has 2 aromatic heterocycles. The van der Waals surface area contributed by atoms with Gasteiger partial charge in [0.15, 0.2) is 0 Å². The molecule has 0 saturated carbocycles. The van der Waals surface area contributed by atoms with Crippen LogP contribution < -0.4 is 11.1 Å². The summed E-state index contributed by atoms with van der Waals surface area (Å²) < 4.78 is 39.8. The summed E-state index contributed by atoms with van der Waals surface area (Å²) in [6.45, 7) is 0.231. The molecule has 0 bridgehead atoms. The van der Waals surface area contributed by atoms with E-state index in [1.807, 2.05) is 0 Å². The second-order valence-electron chi connectivity index (χ2n) is 3.08. The summed E-state index contributed by atoms with van der Waals surface area (Å²) in [5.41, 5.74) is 6.16. The lowest BCUT2D eigenvalue weighted by molar-refractivity contribution is -0.144. The molecule has 6 nitrogen and oxygen atoms in total. The summed E-state index contributed by atoms with van der Waals surface area (Å²) in [5.74, 6) is -0.789. The van der Waals surface area contributed by atoms with Crippen LogP contribution >= 0.6 is 11.5 Å². The molecule has 0 spiro atoms. The lowest BCUT2D eigenvalue weighted by Gasteiger charge is -2.00. The minimum atomic E-state index is -4.52. The van der Waals surface area contributed by atoms with Gasteiger partial charge in [0.1, 0.15) is 5.82 Å². The van der Waals surface area contributed by atoms with Gasteiger partial charge < -0.3 is 11.1 Å². The van der Waals surface area contributed by atoms with Gasteiger partial charge in [0.2, 0.25) is 11.0 Å². The van der Waals surface area contributed by atoms with Crippen molar-refractivity contribution in [2.75, 3.05) is 11.1 Å². The number of hydrogen-bond donors (Lipinski definition) is 3. The highest BCUT2D eigenvalue weighted by molar-refractivity contribution is 7.09. The second-order valence-corrected chi connectivity index (χ2v) is 3.84. The Morgan fingerprint density at radius 2 is 2.24 bits per heavy atom. The molecule has 0 aromatic carbocycles. The number of nitrogens with two attached hydrogens (primary N) is 1. The first-order valence-corrected chi connectivity index (χ1v) is 5.16. The number of nitrogen functional groups attached to an aromatic ring is 1. The van der Waals surface area contributed by atoms with Gasteiger partial charge in [0.25, 0.3) is 0 Å². The third-order valence-electron chi connectivity index (χ3n) is 1.86. The molecule has 2 heterocycles. The van der Waals surface area contributed by atoms with E-state index in [2.05, 4.69) is 24.9 Å². The van der Waals surface area contributed by atoms with E-state index in [9.17, 15) is 13.2 Å². The Kier molecular flexibility index (Phi) is 2.88. The molecule has 0 aliphatic heterocycles. The SMILES string of the molecule is Nc1[nH]ncc1CNc1nc(C(F)(F)F)ns1. The molecule has 0 radical (unpaired) electrons. The van der Waals surface area contributed by atoms with Gasteiger partial charge in [-0.25, -0.2) is 0 Å². The number of nitrogens with one attached hydrogen (secondary N) is 2. The molecule has 17 heavy (non-hydrogen) atoms. The average molecular weight is 264 g/mol. The standard InChI is InChI=1S/C7H7F3N6S/c8-7(9,10)5-14-6(17-16-5)12-1-3-2-13-15-4(3)11/h2H,1H2,(H3,11,13,15)(H,12,14,16). The van der Waals surface area contributed by atoms with Crippen LogP contribution in [0.15, 0.2) is 6.20 Å². The van der Waals surface area contributed by atoms with Crippen LogP contribution in [-0.4, -0.2) is 19.6 Å². The fourth-order valence-corrected chi connectivity index (χ4v) is 1.62. The maximum Gasteiger partial charge on any atom is 0.452 e. The zero-order chi connectivity index (χ0) is 12.5. The quantitative estimate of drug-likeness (QED) is 0.780. The van der Waals surface area contributed by atoms with Crippen LogP contribution in [0.3, 0.4) is 0 Å². The van der Waals surface area contributed by atoms with Crippen molar-refractivity contribution in [1.82, 2.24) is 19.6 Å². The molecule has 0 fully saturated rings. The number of H-pyrrole nitrogens is 1. The van der Waals surface area contributed by atoms with E-state index >= 15 is 0 Å². The minimum absolute atomic E-state index is 0.0814. The molecule has 0 saturated heterocycles. The van der Waals surface area contributed by atoms with E-state index in [1.165, 1.54) is 6.20 Å². The van der Waals surface area contributed by atoms with Crippen LogP contribution in [-0.2, 0) is 12.7 Å². The maximum atomic E-state index is 12.2. The van der Waals surface area contributed by atoms with Gasteiger partial charge in [0.05, 0.1) is 6.20 Å². The Morgan fingerprint density at radius 1 is 1.47 bits per heavy atom. The van der Waals surface area contributed by atoms with Crippen LogP contribution in [0.2, 0.25) is 0 Å². The summed E-state index contributed by atoms with van der Waals surface area (Å²) in [7, 11) is 0. The molecule has 0 aliphatic rings. The molecule has 2 rings (SSSR count). The van der Waals surface area contributed by atoms with Crippen molar-refractivity contribution in [1.29, 1.82) is 0 Å². The van der Waals surface area contributed by atoms with Crippen molar-refractivity contribution < 1.29 is 13.2 Å². The maximum absolute atomic E-state index is 12.2. The van der Waals surface area contributed by atoms with Crippen LogP contribution in [0.4, 0.5) is 24.1 Å². The fraction of sp³-hybridized carbons (Fsp3) is 0.286. The summed E-state index contributed by atoms with van der Waals surface area (Å²) in [6.07, 6.45) is -3.04. The van der Waals surface area contributed by atoms with Crippen LogP contribution in [0.1, 0.15) is 11.4 Å². The van der Waals surface area contributed by atoms with Crippen LogP contribution in [0, 0.1) is 0 Å². The van der Waals surface area contributed by atoms with E-state index in [4.69, 9.17) is 5.73 Å². The number of alkyl halides is 3.